The van der Waals surface area contributed by atoms with Gasteiger partial charge in [0.1, 0.15) is 0 Å². The lowest BCUT2D eigenvalue weighted by Crippen LogP contribution is -2.25. The van der Waals surface area contributed by atoms with Gasteiger partial charge in [0, 0.05) is 18.0 Å². The molecular formula is C12H11NO2. The van der Waals surface area contributed by atoms with Gasteiger partial charge in [-0.1, -0.05) is 25.1 Å². The monoisotopic (exact) mass is 201 g/mol. The molecule has 0 bridgehead atoms. The van der Waals surface area contributed by atoms with E-state index in [0.29, 0.717) is 11.8 Å². The van der Waals surface area contributed by atoms with Crippen molar-refractivity contribution in [1.82, 2.24) is 4.57 Å². The number of pyridine rings is 1. The largest absolute Gasteiger partial charge is 0.274 e. The summed E-state index contributed by atoms with van der Waals surface area (Å²) in [4.78, 5) is 23.3. The zero-order valence-electron chi connectivity index (χ0n) is 8.43. The van der Waals surface area contributed by atoms with Gasteiger partial charge in [0.25, 0.3) is 5.56 Å². The van der Waals surface area contributed by atoms with Crippen molar-refractivity contribution in [1.29, 1.82) is 0 Å². The van der Waals surface area contributed by atoms with Gasteiger partial charge < -0.3 is 0 Å². The van der Waals surface area contributed by atoms with E-state index < -0.39 is 0 Å². The summed E-state index contributed by atoms with van der Waals surface area (Å²) >= 11 is 0. The Morgan fingerprint density at radius 3 is 2.73 bits per heavy atom. The number of fused-ring (bicyclic) bond motifs is 1. The molecule has 0 saturated heterocycles. The highest BCUT2D eigenvalue weighted by molar-refractivity contribution is 5.86. The summed E-state index contributed by atoms with van der Waals surface area (Å²) in [5, 5.41) is 1.45. The van der Waals surface area contributed by atoms with Crippen molar-refractivity contribution >= 4 is 16.7 Å². The first kappa shape index (κ1) is 9.65. The molecule has 0 radical (unpaired) electrons. The predicted molar refractivity (Wildman–Crippen MR) is 59.1 cm³/mol. The highest BCUT2D eigenvalue weighted by atomic mass is 16.2. The molecule has 1 aromatic carbocycles. The average molecular weight is 201 g/mol. The number of rotatable bonds is 1. The molecule has 0 atom stereocenters. The van der Waals surface area contributed by atoms with Crippen molar-refractivity contribution in [3.8, 4) is 0 Å². The standard InChI is InChI=1S/C12H11NO2/c1-2-11(14)13-8-7-9-5-3-4-6-10(9)12(13)15/h3-8H,2H2,1H3. The van der Waals surface area contributed by atoms with Crippen LogP contribution in [-0.2, 0) is 0 Å². The van der Waals surface area contributed by atoms with Crippen LogP contribution < -0.4 is 5.56 Å². The Bertz CT molecular complexity index is 569. The van der Waals surface area contributed by atoms with Crippen LogP contribution >= 0.6 is 0 Å². The maximum Gasteiger partial charge on any atom is 0.265 e. The van der Waals surface area contributed by atoms with Gasteiger partial charge >= 0.3 is 0 Å². The highest BCUT2D eigenvalue weighted by Gasteiger charge is 2.06. The van der Waals surface area contributed by atoms with E-state index in [0.717, 1.165) is 5.39 Å². The maximum absolute atomic E-state index is 11.9. The zero-order chi connectivity index (χ0) is 10.8. The van der Waals surface area contributed by atoms with Crippen LogP contribution in [0.3, 0.4) is 0 Å². The predicted octanol–water partition coefficient (Wildman–Crippen LogP) is 2.05. The van der Waals surface area contributed by atoms with Gasteiger partial charge in [-0.15, -0.1) is 0 Å². The smallest absolute Gasteiger partial charge is 0.265 e. The Hall–Kier alpha value is -1.90. The maximum atomic E-state index is 11.9. The third-order valence-electron chi connectivity index (χ3n) is 2.38. The summed E-state index contributed by atoms with van der Waals surface area (Å²) in [6, 6.07) is 9.04. The Labute approximate surface area is 87.0 Å². The summed E-state index contributed by atoms with van der Waals surface area (Å²) in [5.41, 5.74) is -0.236. The molecule has 0 aliphatic heterocycles. The van der Waals surface area contributed by atoms with Gasteiger partial charge in [-0.2, -0.15) is 0 Å². The number of carbonyl (C=O) groups excluding carboxylic acids is 1. The molecule has 0 amide bonds. The molecule has 76 valence electrons. The van der Waals surface area contributed by atoms with E-state index in [9.17, 15) is 9.59 Å². The lowest BCUT2D eigenvalue weighted by Gasteiger charge is -2.03. The SMILES string of the molecule is CCC(=O)n1ccc2ccccc2c1=O. The van der Waals surface area contributed by atoms with E-state index in [1.165, 1.54) is 10.8 Å². The van der Waals surface area contributed by atoms with Gasteiger partial charge in [0.15, 0.2) is 0 Å². The fourth-order valence-corrected chi connectivity index (χ4v) is 1.56. The molecule has 0 aliphatic carbocycles. The second kappa shape index (κ2) is 3.69. The molecule has 0 saturated carbocycles. The van der Waals surface area contributed by atoms with Crippen molar-refractivity contribution in [2.45, 2.75) is 13.3 Å². The number of hydrogen-bond acceptors (Lipinski definition) is 2. The number of aromatic nitrogens is 1. The van der Waals surface area contributed by atoms with Gasteiger partial charge in [-0.25, -0.2) is 0 Å². The van der Waals surface area contributed by atoms with Crippen LogP contribution in [0.4, 0.5) is 0 Å². The minimum atomic E-state index is -0.236. The molecule has 0 N–H and O–H groups in total. The van der Waals surface area contributed by atoms with Gasteiger partial charge in [0.2, 0.25) is 5.91 Å². The van der Waals surface area contributed by atoms with E-state index in [1.807, 2.05) is 12.1 Å². The fourth-order valence-electron chi connectivity index (χ4n) is 1.56. The number of benzene rings is 1. The van der Waals surface area contributed by atoms with Crippen molar-refractivity contribution in [3.63, 3.8) is 0 Å². The van der Waals surface area contributed by atoms with Crippen LogP contribution in [0.1, 0.15) is 18.1 Å². The second-order valence-electron chi connectivity index (χ2n) is 3.33. The molecule has 3 nitrogen and oxygen atoms in total. The minimum Gasteiger partial charge on any atom is -0.274 e. The lowest BCUT2D eigenvalue weighted by atomic mass is 10.2. The molecule has 15 heavy (non-hydrogen) atoms. The summed E-state index contributed by atoms with van der Waals surface area (Å²) in [6.07, 6.45) is 1.87. The molecule has 1 heterocycles. The van der Waals surface area contributed by atoms with E-state index in [1.54, 1.807) is 25.1 Å². The first-order valence-corrected chi connectivity index (χ1v) is 4.87. The first-order chi connectivity index (χ1) is 7.24. The van der Waals surface area contributed by atoms with Gasteiger partial charge in [0.05, 0.1) is 0 Å². The van der Waals surface area contributed by atoms with E-state index in [4.69, 9.17) is 0 Å². The van der Waals surface area contributed by atoms with E-state index >= 15 is 0 Å². The molecule has 2 aromatic rings. The summed E-state index contributed by atoms with van der Waals surface area (Å²) < 4.78 is 1.17. The average Bonchev–Trinajstić information content (AvgIpc) is 2.29. The van der Waals surface area contributed by atoms with Gasteiger partial charge in [-0.05, 0) is 17.5 Å². The van der Waals surface area contributed by atoms with Gasteiger partial charge in [-0.3, -0.25) is 14.2 Å². The van der Waals surface area contributed by atoms with E-state index in [2.05, 4.69) is 0 Å². The highest BCUT2D eigenvalue weighted by Crippen LogP contribution is 2.07. The third-order valence-corrected chi connectivity index (χ3v) is 2.38. The summed E-state index contributed by atoms with van der Waals surface area (Å²) in [5.74, 6) is -0.175. The lowest BCUT2D eigenvalue weighted by molar-refractivity contribution is 0.0905. The van der Waals surface area contributed by atoms with Crippen molar-refractivity contribution < 1.29 is 4.79 Å². The third kappa shape index (κ3) is 1.56. The van der Waals surface area contributed by atoms with Crippen LogP contribution in [0.5, 0.6) is 0 Å². The molecule has 0 unspecified atom stereocenters. The van der Waals surface area contributed by atoms with Crippen molar-refractivity contribution in [2.24, 2.45) is 0 Å². The zero-order valence-corrected chi connectivity index (χ0v) is 8.43. The van der Waals surface area contributed by atoms with E-state index in [-0.39, 0.29) is 11.5 Å². The molecular weight excluding hydrogens is 190 g/mol. The molecule has 0 fully saturated rings. The topological polar surface area (TPSA) is 39.1 Å². The van der Waals surface area contributed by atoms with Crippen molar-refractivity contribution in [3.05, 3.63) is 46.9 Å². The Morgan fingerprint density at radius 2 is 2.00 bits per heavy atom. The summed E-state index contributed by atoms with van der Waals surface area (Å²) in [6.45, 7) is 1.74. The minimum absolute atomic E-state index is 0.175. The molecule has 1 aromatic heterocycles. The van der Waals surface area contributed by atoms with Crippen LogP contribution in [0.25, 0.3) is 10.8 Å². The molecule has 0 aliphatic rings. The second-order valence-corrected chi connectivity index (χ2v) is 3.33. The summed E-state index contributed by atoms with van der Waals surface area (Å²) in [7, 11) is 0. The number of hydrogen-bond donors (Lipinski definition) is 0. The molecule has 2 rings (SSSR count). The normalized spacial score (nSPS) is 10.5. The first-order valence-electron chi connectivity index (χ1n) is 4.87. The number of carbonyl (C=O) groups is 1. The Morgan fingerprint density at radius 1 is 1.27 bits per heavy atom. The van der Waals surface area contributed by atoms with Crippen LogP contribution in [0.2, 0.25) is 0 Å². The van der Waals surface area contributed by atoms with Crippen molar-refractivity contribution in [2.75, 3.05) is 0 Å². The van der Waals surface area contributed by atoms with Crippen LogP contribution in [-0.4, -0.2) is 10.5 Å². The Kier molecular flexibility index (Phi) is 2.37. The van der Waals surface area contributed by atoms with Crippen LogP contribution in [0, 0.1) is 0 Å². The molecule has 0 spiro atoms. The quantitative estimate of drug-likeness (QED) is 0.708. The Balaban J connectivity index is 2.76. The van der Waals surface area contributed by atoms with Crippen LogP contribution in [0.15, 0.2) is 41.3 Å². The molecule has 3 heteroatoms. The number of nitrogens with zero attached hydrogens (tertiary/aromatic N) is 1. The fraction of sp³-hybridized carbons (Fsp3) is 0.167.